The van der Waals surface area contributed by atoms with Crippen molar-refractivity contribution in [3.05, 3.63) is 18.6 Å². The number of aliphatic carboxylic acids is 1. The van der Waals surface area contributed by atoms with Gasteiger partial charge in [0.25, 0.3) is 0 Å². The Bertz CT molecular complexity index is 543. The van der Waals surface area contributed by atoms with Crippen molar-refractivity contribution in [2.45, 2.75) is 31.7 Å². The normalized spacial score (nSPS) is 22.8. The van der Waals surface area contributed by atoms with E-state index in [0.717, 1.165) is 38.2 Å². The summed E-state index contributed by atoms with van der Waals surface area (Å²) in [5, 5.41) is 9.20. The highest BCUT2D eigenvalue weighted by atomic mass is 16.4. The number of amides is 1. The molecule has 0 aromatic carbocycles. The highest BCUT2D eigenvalue weighted by Gasteiger charge is 2.38. The minimum absolute atomic E-state index is 0.00342. The zero-order valence-corrected chi connectivity index (χ0v) is 12.4. The van der Waals surface area contributed by atoms with Crippen molar-refractivity contribution < 1.29 is 14.7 Å². The molecule has 1 amide bonds. The smallest absolute Gasteiger partial charge is 0.326 e. The summed E-state index contributed by atoms with van der Waals surface area (Å²) in [5.41, 5.74) is 0. The fraction of sp³-hybridized carbons (Fsp3) is 0.600. The number of nitrogens with zero attached hydrogens (tertiary/aromatic N) is 4. The average molecular weight is 304 g/mol. The van der Waals surface area contributed by atoms with Crippen LogP contribution in [0.25, 0.3) is 0 Å². The third-order valence-electron chi connectivity index (χ3n) is 4.54. The first-order valence-electron chi connectivity index (χ1n) is 7.71. The van der Waals surface area contributed by atoms with E-state index in [4.69, 9.17) is 0 Å². The summed E-state index contributed by atoms with van der Waals surface area (Å²) < 4.78 is 0. The molecule has 0 unspecified atom stereocenters. The van der Waals surface area contributed by atoms with Crippen LogP contribution in [0.2, 0.25) is 0 Å². The Morgan fingerprint density at radius 1 is 1.14 bits per heavy atom. The van der Waals surface area contributed by atoms with E-state index in [1.807, 2.05) is 0 Å². The van der Waals surface area contributed by atoms with E-state index in [2.05, 4.69) is 14.9 Å². The monoisotopic (exact) mass is 304 g/mol. The quantitative estimate of drug-likeness (QED) is 0.887. The number of rotatable bonds is 3. The number of carboxylic acid groups (broad SMARTS) is 1. The SMILES string of the molecule is O=C(O)[C@H]1CCCN1C(=O)C1CCN(c2cnccn2)CC1. The molecule has 1 N–H and O–H groups in total. The van der Waals surface area contributed by atoms with Crippen LogP contribution in [-0.2, 0) is 9.59 Å². The largest absolute Gasteiger partial charge is 0.480 e. The molecule has 1 aromatic heterocycles. The Balaban J connectivity index is 1.59. The molecule has 118 valence electrons. The van der Waals surface area contributed by atoms with E-state index >= 15 is 0 Å². The molecule has 0 aliphatic carbocycles. The molecule has 2 aliphatic heterocycles. The molecule has 2 saturated heterocycles. The second kappa shape index (κ2) is 6.29. The summed E-state index contributed by atoms with van der Waals surface area (Å²) in [6.45, 7) is 2.07. The van der Waals surface area contributed by atoms with Crippen molar-refractivity contribution in [3.8, 4) is 0 Å². The molecule has 3 rings (SSSR count). The molecule has 0 spiro atoms. The lowest BCUT2D eigenvalue weighted by Crippen LogP contribution is -2.46. The van der Waals surface area contributed by atoms with Gasteiger partial charge in [-0.1, -0.05) is 0 Å². The molecule has 0 radical (unpaired) electrons. The van der Waals surface area contributed by atoms with E-state index in [1.165, 1.54) is 0 Å². The lowest BCUT2D eigenvalue weighted by molar-refractivity contribution is -0.150. The molecule has 7 nitrogen and oxygen atoms in total. The molecule has 0 saturated carbocycles. The Labute approximate surface area is 129 Å². The van der Waals surface area contributed by atoms with Gasteiger partial charge in [0.15, 0.2) is 0 Å². The predicted molar refractivity (Wildman–Crippen MR) is 79.3 cm³/mol. The molecule has 1 atom stereocenters. The zero-order valence-electron chi connectivity index (χ0n) is 12.4. The third kappa shape index (κ3) is 2.88. The van der Waals surface area contributed by atoms with Gasteiger partial charge in [-0.15, -0.1) is 0 Å². The summed E-state index contributed by atoms with van der Waals surface area (Å²) >= 11 is 0. The first-order chi connectivity index (χ1) is 10.7. The summed E-state index contributed by atoms with van der Waals surface area (Å²) in [7, 11) is 0. The number of carboxylic acids is 1. The number of anilines is 1. The predicted octanol–water partition coefficient (Wildman–Crippen LogP) is 0.769. The van der Waals surface area contributed by atoms with E-state index in [9.17, 15) is 14.7 Å². The molecule has 2 fully saturated rings. The zero-order chi connectivity index (χ0) is 15.5. The fourth-order valence-corrected chi connectivity index (χ4v) is 3.33. The molecule has 0 bridgehead atoms. The molecule has 22 heavy (non-hydrogen) atoms. The highest BCUT2D eigenvalue weighted by Crippen LogP contribution is 2.26. The fourth-order valence-electron chi connectivity index (χ4n) is 3.33. The third-order valence-corrected chi connectivity index (χ3v) is 4.54. The van der Waals surface area contributed by atoms with Crippen molar-refractivity contribution in [2.75, 3.05) is 24.5 Å². The maximum absolute atomic E-state index is 12.6. The Hall–Kier alpha value is -2.18. The first-order valence-corrected chi connectivity index (χ1v) is 7.71. The van der Waals surface area contributed by atoms with E-state index in [-0.39, 0.29) is 11.8 Å². The number of carbonyl (C=O) groups is 2. The minimum Gasteiger partial charge on any atom is -0.480 e. The Morgan fingerprint density at radius 2 is 1.91 bits per heavy atom. The van der Waals surface area contributed by atoms with Crippen LogP contribution < -0.4 is 4.90 Å². The molecule has 1 aromatic rings. The lowest BCUT2D eigenvalue weighted by atomic mass is 9.95. The van der Waals surface area contributed by atoms with Gasteiger partial charge in [0.05, 0.1) is 6.20 Å². The van der Waals surface area contributed by atoms with Gasteiger partial charge in [-0.2, -0.15) is 0 Å². The highest BCUT2D eigenvalue weighted by molar-refractivity contribution is 5.85. The van der Waals surface area contributed by atoms with Gasteiger partial charge in [0.2, 0.25) is 5.91 Å². The van der Waals surface area contributed by atoms with Crippen molar-refractivity contribution in [1.29, 1.82) is 0 Å². The van der Waals surface area contributed by atoms with Gasteiger partial charge in [-0.25, -0.2) is 9.78 Å². The lowest BCUT2D eigenvalue weighted by Gasteiger charge is -2.34. The summed E-state index contributed by atoms with van der Waals surface area (Å²) in [5.74, 6) is -0.127. The van der Waals surface area contributed by atoms with Crippen LogP contribution in [0, 0.1) is 5.92 Å². The van der Waals surface area contributed by atoms with Crippen LogP contribution in [0.4, 0.5) is 5.82 Å². The van der Waals surface area contributed by atoms with Crippen LogP contribution in [0.1, 0.15) is 25.7 Å². The van der Waals surface area contributed by atoms with E-state index in [1.54, 1.807) is 23.5 Å². The molecular formula is C15H20N4O3. The van der Waals surface area contributed by atoms with Gasteiger partial charge < -0.3 is 14.9 Å². The number of carbonyl (C=O) groups excluding carboxylic acids is 1. The average Bonchev–Trinajstić information content (AvgIpc) is 3.05. The number of likely N-dealkylation sites (tertiary alicyclic amines) is 1. The maximum Gasteiger partial charge on any atom is 0.326 e. The van der Waals surface area contributed by atoms with Gasteiger partial charge in [0.1, 0.15) is 11.9 Å². The van der Waals surface area contributed by atoms with Gasteiger partial charge in [-0.3, -0.25) is 9.78 Å². The first kappa shape index (κ1) is 14.7. The topological polar surface area (TPSA) is 86.6 Å². The van der Waals surface area contributed by atoms with E-state index in [0.29, 0.717) is 13.0 Å². The number of piperidine rings is 1. The Kier molecular flexibility index (Phi) is 4.22. The summed E-state index contributed by atoms with van der Waals surface area (Å²) in [4.78, 5) is 35.8. The van der Waals surface area contributed by atoms with Crippen LogP contribution in [-0.4, -0.2) is 57.5 Å². The second-order valence-electron chi connectivity index (χ2n) is 5.85. The number of aromatic nitrogens is 2. The van der Waals surface area contributed by atoms with Crippen molar-refractivity contribution in [2.24, 2.45) is 5.92 Å². The van der Waals surface area contributed by atoms with Crippen LogP contribution in [0.3, 0.4) is 0 Å². The number of hydrogen-bond donors (Lipinski definition) is 1. The molecule has 3 heterocycles. The van der Waals surface area contributed by atoms with E-state index < -0.39 is 12.0 Å². The molecule has 7 heteroatoms. The number of hydrogen-bond acceptors (Lipinski definition) is 5. The second-order valence-corrected chi connectivity index (χ2v) is 5.85. The van der Waals surface area contributed by atoms with Crippen molar-refractivity contribution in [1.82, 2.24) is 14.9 Å². The Morgan fingerprint density at radius 3 is 2.55 bits per heavy atom. The van der Waals surface area contributed by atoms with Crippen molar-refractivity contribution in [3.63, 3.8) is 0 Å². The van der Waals surface area contributed by atoms with Crippen molar-refractivity contribution >= 4 is 17.7 Å². The molecular weight excluding hydrogens is 284 g/mol. The maximum atomic E-state index is 12.6. The van der Waals surface area contributed by atoms with Crippen LogP contribution >= 0.6 is 0 Å². The van der Waals surface area contributed by atoms with Crippen LogP contribution in [0.15, 0.2) is 18.6 Å². The van der Waals surface area contributed by atoms with Gasteiger partial charge >= 0.3 is 5.97 Å². The summed E-state index contributed by atoms with van der Waals surface area (Å²) in [6, 6.07) is -0.634. The summed E-state index contributed by atoms with van der Waals surface area (Å²) in [6.07, 6.45) is 7.84. The van der Waals surface area contributed by atoms with Gasteiger partial charge in [-0.05, 0) is 25.7 Å². The minimum atomic E-state index is -0.886. The standard InChI is InChI=1S/C15H20N4O3/c20-14(19-7-1-2-12(19)15(21)22)11-3-8-18(9-4-11)13-10-16-5-6-17-13/h5-6,10-12H,1-4,7-9H2,(H,21,22)/t12-/m1/s1. The molecule has 2 aliphatic rings. The van der Waals surface area contributed by atoms with Crippen LogP contribution in [0.5, 0.6) is 0 Å². The van der Waals surface area contributed by atoms with Gasteiger partial charge in [0, 0.05) is 37.9 Å².